The van der Waals surface area contributed by atoms with Crippen molar-refractivity contribution in [2.75, 3.05) is 0 Å². The van der Waals surface area contributed by atoms with Gasteiger partial charge in [-0.25, -0.2) is 8.78 Å². The molecule has 0 radical (unpaired) electrons. The third-order valence-electron chi connectivity index (χ3n) is 3.98. The van der Waals surface area contributed by atoms with Crippen LogP contribution in [0.4, 0.5) is 8.78 Å². The second-order valence-corrected chi connectivity index (χ2v) is 5.85. The molecule has 7 heteroatoms. The summed E-state index contributed by atoms with van der Waals surface area (Å²) in [4.78, 5) is 0. The number of rotatable bonds is 5. The Kier molecular flexibility index (Phi) is 4.99. The fraction of sp³-hybridized carbons (Fsp3) is 0.769. The lowest BCUT2D eigenvalue weighted by molar-refractivity contribution is -0.0501. The van der Waals surface area contributed by atoms with Crippen LogP contribution in [0.25, 0.3) is 0 Å². The molecule has 0 spiro atoms. The monoisotopic (exact) mass is 306 g/mol. The van der Waals surface area contributed by atoms with Crippen LogP contribution in [0.3, 0.4) is 0 Å². The van der Waals surface area contributed by atoms with Gasteiger partial charge in [0.1, 0.15) is 0 Å². The van der Waals surface area contributed by atoms with E-state index in [1.165, 1.54) is 0 Å². The van der Waals surface area contributed by atoms with Gasteiger partial charge in [-0.1, -0.05) is 18.5 Å². The molecule has 1 heterocycles. The highest BCUT2D eigenvalue weighted by molar-refractivity contribution is 6.31. The number of hydrogen-bond donors (Lipinski definition) is 2. The third kappa shape index (κ3) is 3.30. The minimum atomic E-state index is -2.54. The van der Waals surface area contributed by atoms with Gasteiger partial charge in [-0.2, -0.15) is 5.10 Å². The third-order valence-corrected chi connectivity index (χ3v) is 4.27. The molecular formula is C13H21ClF2N4. The molecule has 0 saturated heterocycles. The quantitative estimate of drug-likeness (QED) is 0.648. The Morgan fingerprint density at radius 3 is 2.75 bits per heavy atom. The molecule has 0 aromatic carbocycles. The van der Waals surface area contributed by atoms with E-state index in [-0.39, 0.29) is 24.8 Å². The number of nitrogens with zero attached hydrogens (tertiary/aromatic N) is 2. The van der Waals surface area contributed by atoms with Crippen LogP contribution in [0.1, 0.15) is 50.8 Å². The minimum absolute atomic E-state index is 0.0597. The first-order valence-corrected chi connectivity index (χ1v) is 7.41. The number of aryl methyl sites for hydroxylation is 1. The average Bonchev–Trinajstić information content (AvgIpc) is 2.75. The number of nitrogens with one attached hydrogen (secondary N) is 1. The average molecular weight is 307 g/mol. The number of nitrogens with two attached hydrogens (primary N) is 1. The highest BCUT2D eigenvalue weighted by Crippen LogP contribution is 2.42. The van der Waals surface area contributed by atoms with Gasteiger partial charge in [0, 0.05) is 19.4 Å². The summed E-state index contributed by atoms with van der Waals surface area (Å²) >= 11 is 6.20. The maximum Gasteiger partial charge on any atom is 0.248 e. The largest absolute Gasteiger partial charge is 0.271 e. The van der Waals surface area contributed by atoms with Gasteiger partial charge in [0.25, 0.3) is 0 Å². The van der Waals surface area contributed by atoms with Crippen molar-refractivity contribution in [3.8, 4) is 0 Å². The number of hydrazine groups is 1. The summed E-state index contributed by atoms with van der Waals surface area (Å²) in [6.45, 7) is 2.79. The summed E-state index contributed by atoms with van der Waals surface area (Å²) in [6, 6.07) is -0.229. The molecule has 1 atom stereocenters. The molecule has 1 aliphatic rings. The smallest absolute Gasteiger partial charge is 0.248 e. The van der Waals surface area contributed by atoms with Crippen molar-refractivity contribution in [2.45, 2.75) is 57.5 Å². The van der Waals surface area contributed by atoms with Crippen LogP contribution >= 0.6 is 11.6 Å². The van der Waals surface area contributed by atoms with Crippen LogP contribution in [0, 0.1) is 5.92 Å². The van der Waals surface area contributed by atoms with Crippen molar-refractivity contribution in [3.05, 3.63) is 16.9 Å². The van der Waals surface area contributed by atoms with Gasteiger partial charge in [0.2, 0.25) is 5.92 Å². The topological polar surface area (TPSA) is 55.9 Å². The summed E-state index contributed by atoms with van der Waals surface area (Å²) in [5.41, 5.74) is 3.56. The van der Waals surface area contributed by atoms with E-state index in [0.29, 0.717) is 17.9 Å². The lowest BCUT2D eigenvalue weighted by Gasteiger charge is -2.33. The molecule has 1 aliphatic carbocycles. The van der Waals surface area contributed by atoms with E-state index in [2.05, 4.69) is 10.5 Å². The number of hydrogen-bond acceptors (Lipinski definition) is 3. The van der Waals surface area contributed by atoms with E-state index in [0.717, 1.165) is 18.7 Å². The zero-order chi connectivity index (χ0) is 14.8. The molecule has 4 nitrogen and oxygen atoms in total. The first kappa shape index (κ1) is 15.7. The molecule has 1 fully saturated rings. The zero-order valence-corrected chi connectivity index (χ0v) is 12.3. The fourth-order valence-corrected chi connectivity index (χ4v) is 3.16. The van der Waals surface area contributed by atoms with Crippen molar-refractivity contribution in [1.82, 2.24) is 15.2 Å². The summed E-state index contributed by atoms with van der Waals surface area (Å²) in [5, 5.41) is 4.78. The predicted molar refractivity (Wildman–Crippen MR) is 74.5 cm³/mol. The van der Waals surface area contributed by atoms with Crippen LogP contribution in [0.2, 0.25) is 5.02 Å². The molecule has 2 rings (SSSR count). The number of halogens is 3. The van der Waals surface area contributed by atoms with E-state index >= 15 is 0 Å². The van der Waals surface area contributed by atoms with E-state index in [9.17, 15) is 8.78 Å². The van der Waals surface area contributed by atoms with E-state index < -0.39 is 5.92 Å². The van der Waals surface area contributed by atoms with Crippen molar-refractivity contribution < 1.29 is 8.78 Å². The lowest BCUT2D eigenvalue weighted by atomic mass is 9.81. The van der Waals surface area contributed by atoms with Gasteiger partial charge in [-0.3, -0.25) is 16.0 Å². The van der Waals surface area contributed by atoms with Crippen LogP contribution in [0.15, 0.2) is 6.20 Å². The molecule has 0 amide bonds. The Morgan fingerprint density at radius 1 is 1.55 bits per heavy atom. The van der Waals surface area contributed by atoms with Crippen LogP contribution in [-0.4, -0.2) is 15.7 Å². The SMILES string of the molecule is CCCn1ncc(Cl)c1C(NN)C1CCC(F)(F)CC1. The molecule has 114 valence electrons. The Balaban J connectivity index is 2.18. The summed E-state index contributed by atoms with van der Waals surface area (Å²) in [5.74, 6) is 3.18. The van der Waals surface area contributed by atoms with Gasteiger partial charge in [-0.15, -0.1) is 0 Å². The number of aromatic nitrogens is 2. The Hall–Kier alpha value is -0.720. The van der Waals surface area contributed by atoms with Gasteiger partial charge in [0.15, 0.2) is 0 Å². The molecule has 1 unspecified atom stereocenters. The Bertz CT molecular complexity index is 440. The molecule has 1 aromatic rings. The lowest BCUT2D eigenvalue weighted by Crippen LogP contribution is -2.38. The van der Waals surface area contributed by atoms with Crippen molar-refractivity contribution in [1.29, 1.82) is 0 Å². The molecular weight excluding hydrogens is 286 g/mol. The van der Waals surface area contributed by atoms with Crippen molar-refractivity contribution >= 4 is 11.6 Å². The maximum atomic E-state index is 13.3. The second kappa shape index (κ2) is 6.37. The van der Waals surface area contributed by atoms with Crippen molar-refractivity contribution in [3.63, 3.8) is 0 Å². The van der Waals surface area contributed by atoms with E-state index in [4.69, 9.17) is 17.4 Å². The van der Waals surface area contributed by atoms with Gasteiger partial charge in [0.05, 0.1) is 23.0 Å². The van der Waals surface area contributed by atoms with Gasteiger partial charge in [-0.05, 0) is 25.2 Å². The fourth-order valence-electron chi connectivity index (χ4n) is 2.91. The number of alkyl halides is 2. The highest BCUT2D eigenvalue weighted by Gasteiger charge is 2.39. The molecule has 0 aliphatic heterocycles. The molecule has 3 N–H and O–H groups in total. The van der Waals surface area contributed by atoms with Crippen LogP contribution in [0.5, 0.6) is 0 Å². The molecule has 20 heavy (non-hydrogen) atoms. The Morgan fingerprint density at radius 2 is 2.20 bits per heavy atom. The normalized spacial score (nSPS) is 21.1. The van der Waals surface area contributed by atoms with Gasteiger partial charge >= 0.3 is 0 Å². The molecule has 0 bridgehead atoms. The van der Waals surface area contributed by atoms with Crippen LogP contribution in [-0.2, 0) is 6.54 Å². The standard InChI is InChI=1S/C13H21ClF2N4/c1-2-7-20-12(10(14)8-18-20)11(19-17)9-3-5-13(15,16)6-4-9/h8-9,11,19H,2-7,17H2,1H3. The summed E-state index contributed by atoms with van der Waals surface area (Å²) in [6.07, 6.45) is 3.22. The van der Waals surface area contributed by atoms with Crippen molar-refractivity contribution in [2.24, 2.45) is 11.8 Å². The van der Waals surface area contributed by atoms with E-state index in [1.54, 1.807) is 6.20 Å². The summed E-state index contributed by atoms with van der Waals surface area (Å²) < 4.78 is 28.4. The Labute approximate surface area is 122 Å². The second-order valence-electron chi connectivity index (χ2n) is 5.44. The molecule has 1 aromatic heterocycles. The predicted octanol–water partition coefficient (Wildman–Crippen LogP) is 3.28. The molecule has 1 saturated carbocycles. The minimum Gasteiger partial charge on any atom is -0.271 e. The zero-order valence-electron chi connectivity index (χ0n) is 11.6. The van der Waals surface area contributed by atoms with E-state index in [1.807, 2.05) is 11.6 Å². The highest BCUT2D eigenvalue weighted by atomic mass is 35.5. The first-order chi connectivity index (χ1) is 9.48. The van der Waals surface area contributed by atoms with Crippen LogP contribution < -0.4 is 11.3 Å². The summed E-state index contributed by atoms with van der Waals surface area (Å²) in [7, 11) is 0. The first-order valence-electron chi connectivity index (χ1n) is 7.03. The maximum absolute atomic E-state index is 13.3. The van der Waals surface area contributed by atoms with Gasteiger partial charge < -0.3 is 0 Å².